The van der Waals surface area contributed by atoms with Gasteiger partial charge in [-0.15, -0.1) is 13.2 Å². The quantitative estimate of drug-likeness (QED) is 0.360. The lowest BCUT2D eigenvalue weighted by atomic mass is 9.91. The Kier molecular flexibility index (Phi) is 8.88. The van der Waals surface area contributed by atoms with Gasteiger partial charge < -0.3 is 29.4 Å². The first kappa shape index (κ1) is 31.9. The summed E-state index contributed by atoms with van der Waals surface area (Å²) in [6.45, 7) is 0.961. The second-order valence-electron chi connectivity index (χ2n) is 10.9. The van der Waals surface area contributed by atoms with Crippen LogP contribution >= 0.6 is 0 Å². The molecule has 2 amide bonds. The van der Waals surface area contributed by atoms with Crippen LogP contribution < -0.4 is 25.2 Å². The van der Waals surface area contributed by atoms with Crippen LogP contribution in [0.3, 0.4) is 0 Å². The normalized spacial score (nSPS) is 18.1. The molecule has 1 aromatic heterocycles. The number of hydrogen-bond acceptors (Lipinski definition) is 6. The number of rotatable bonds is 8. The van der Waals surface area contributed by atoms with Crippen LogP contribution in [0.15, 0.2) is 41.2 Å². The molecule has 3 aromatic rings. The van der Waals surface area contributed by atoms with Crippen molar-refractivity contribution in [3.8, 4) is 11.5 Å². The van der Waals surface area contributed by atoms with Gasteiger partial charge >= 0.3 is 6.36 Å². The van der Waals surface area contributed by atoms with Crippen molar-refractivity contribution in [3.05, 3.63) is 86.3 Å². The molecular weight excluding hydrogens is 605 g/mol. The van der Waals surface area contributed by atoms with Crippen molar-refractivity contribution in [3.63, 3.8) is 0 Å². The molecule has 45 heavy (non-hydrogen) atoms. The summed E-state index contributed by atoms with van der Waals surface area (Å²) in [7, 11) is 1.22. The van der Waals surface area contributed by atoms with Gasteiger partial charge in [0.1, 0.15) is 34.9 Å². The first-order valence-electron chi connectivity index (χ1n) is 14.2. The Bertz CT molecular complexity index is 1670. The van der Waals surface area contributed by atoms with Crippen LogP contribution in [0.25, 0.3) is 0 Å². The summed E-state index contributed by atoms with van der Waals surface area (Å²) in [5.41, 5.74) is 0.900. The Morgan fingerprint density at radius 1 is 1.04 bits per heavy atom. The van der Waals surface area contributed by atoms with Crippen molar-refractivity contribution < 1.29 is 46.1 Å². The SMILES string of the molecule is COc1cc(F)c([C@@H]2CN(c3c(C)c4c(n(CCO)c3=O)CCCC4)C(=O)[C@H]2NC(=O)c2ccc(OC(F)(F)F)cc2)c(F)c1. The Hall–Kier alpha value is -4.46. The van der Waals surface area contributed by atoms with Gasteiger partial charge in [-0.1, -0.05) is 0 Å². The smallest absolute Gasteiger partial charge is 0.497 e. The molecule has 0 spiro atoms. The number of aliphatic hydroxyl groups excluding tert-OH is 1. The zero-order valence-corrected chi connectivity index (χ0v) is 24.3. The molecule has 2 N–H and O–H groups in total. The number of aliphatic hydroxyl groups is 1. The third-order valence-corrected chi connectivity index (χ3v) is 8.22. The molecule has 1 saturated heterocycles. The fourth-order valence-corrected chi connectivity index (χ4v) is 6.22. The Morgan fingerprint density at radius 3 is 2.29 bits per heavy atom. The van der Waals surface area contributed by atoms with E-state index in [2.05, 4.69) is 10.1 Å². The first-order chi connectivity index (χ1) is 21.3. The third kappa shape index (κ3) is 6.23. The Labute approximate surface area is 254 Å². The summed E-state index contributed by atoms with van der Waals surface area (Å²) in [5.74, 6) is -5.82. The molecule has 2 atom stereocenters. The number of carbonyl (C=O) groups is 2. The van der Waals surface area contributed by atoms with E-state index >= 15 is 8.78 Å². The summed E-state index contributed by atoms with van der Waals surface area (Å²) in [6, 6.07) is 4.19. The van der Waals surface area contributed by atoms with E-state index in [9.17, 15) is 32.7 Å². The minimum Gasteiger partial charge on any atom is -0.497 e. The van der Waals surface area contributed by atoms with Crippen molar-refractivity contribution in [1.29, 1.82) is 0 Å². The van der Waals surface area contributed by atoms with E-state index in [1.807, 2.05) is 0 Å². The fraction of sp³-hybridized carbons (Fsp3) is 0.387. The lowest BCUT2D eigenvalue weighted by Crippen LogP contribution is -2.45. The standard InChI is InChI=1S/C31H30F5N3O6/c1-16-20-5-3-4-6-24(20)38(11-12-40)30(43)27(16)39-15-21(25-22(32)13-19(44-2)14-23(25)33)26(29(39)42)37-28(41)17-7-9-18(10-8-17)45-31(34,35)36/h7-10,13-14,21,26,40H,3-6,11-12,15H2,1-2H3,(H,37,41)/t21-,26-/m0/s1. The number of pyridine rings is 1. The number of benzene rings is 2. The van der Waals surface area contributed by atoms with E-state index in [4.69, 9.17) is 4.74 Å². The van der Waals surface area contributed by atoms with Crippen LogP contribution in [0.2, 0.25) is 0 Å². The summed E-state index contributed by atoms with van der Waals surface area (Å²) in [5, 5.41) is 12.2. The molecule has 0 saturated carbocycles. The number of aromatic nitrogens is 1. The van der Waals surface area contributed by atoms with E-state index in [0.29, 0.717) is 18.4 Å². The first-order valence-corrected chi connectivity index (χ1v) is 14.2. The highest BCUT2D eigenvalue weighted by molar-refractivity contribution is 6.05. The molecule has 2 aromatic carbocycles. The summed E-state index contributed by atoms with van der Waals surface area (Å²) in [6.07, 6.45) is -2.03. The number of ether oxygens (including phenoxy) is 2. The molecule has 0 bridgehead atoms. The van der Waals surface area contributed by atoms with Gasteiger partial charge in [0.15, 0.2) is 0 Å². The van der Waals surface area contributed by atoms with Crippen LogP contribution in [0.1, 0.15) is 51.5 Å². The van der Waals surface area contributed by atoms with Crippen molar-refractivity contribution in [2.75, 3.05) is 25.2 Å². The van der Waals surface area contributed by atoms with Gasteiger partial charge in [0.2, 0.25) is 5.91 Å². The predicted molar refractivity (Wildman–Crippen MR) is 152 cm³/mol. The Morgan fingerprint density at radius 2 is 1.69 bits per heavy atom. The number of nitrogens with one attached hydrogen (secondary N) is 1. The van der Waals surface area contributed by atoms with Crippen LogP contribution in [-0.2, 0) is 24.2 Å². The van der Waals surface area contributed by atoms with Gasteiger partial charge in [0.25, 0.3) is 11.5 Å². The molecule has 9 nitrogen and oxygen atoms in total. The monoisotopic (exact) mass is 635 g/mol. The minimum atomic E-state index is -4.95. The summed E-state index contributed by atoms with van der Waals surface area (Å²) in [4.78, 5) is 42.3. The second-order valence-corrected chi connectivity index (χ2v) is 10.9. The molecule has 14 heteroatoms. The number of nitrogens with zero attached hydrogens (tertiary/aromatic N) is 2. The molecular formula is C31H30F5N3O6. The summed E-state index contributed by atoms with van der Waals surface area (Å²) < 4.78 is 78.7. The van der Waals surface area contributed by atoms with Gasteiger partial charge in [-0.25, -0.2) is 8.78 Å². The van der Waals surface area contributed by atoms with E-state index in [1.165, 1.54) is 11.7 Å². The van der Waals surface area contributed by atoms with Crippen molar-refractivity contribution in [2.24, 2.45) is 0 Å². The highest BCUT2D eigenvalue weighted by atomic mass is 19.4. The number of alkyl halides is 3. The average Bonchev–Trinajstić information content (AvgIpc) is 3.29. The molecule has 240 valence electrons. The van der Waals surface area contributed by atoms with Crippen LogP contribution in [0.5, 0.6) is 11.5 Å². The maximum atomic E-state index is 15.4. The molecule has 1 aliphatic heterocycles. The highest BCUT2D eigenvalue weighted by Gasteiger charge is 2.47. The lowest BCUT2D eigenvalue weighted by molar-refractivity contribution is -0.274. The fourth-order valence-electron chi connectivity index (χ4n) is 6.22. The molecule has 2 aliphatic rings. The van der Waals surface area contributed by atoms with E-state index in [1.54, 1.807) is 6.92 Å². The number of amides is 2. The molecule has 0 radical (unpaired) electrons. The lowest BCUT2D eigenvalue weighted by Gasteiger charge is -2.28. The third-order valence-electron chi connectivity index (χ3n) is 8.22. The van der Waals surface area contributed by atoms with Gasteiger partial charge in [-0.3, -0.25) is 14.4 Å². The molecule has 5 rings (SSSR count). The minimum absolute atomic E-state index is 0.0150. The maximum absolute atomic E-state index is 15.4. The number of hydrogen-bond donors (Lipinski definition) is 2. The molecule has 1 fully saturated rings. The zero-order valence-electron chi connectivity index (χ0n) is 24.3. The van der Waals surface area contributed by atoms with Crippen molar-refractivity contribution >= 4 is 17.5 Å². The van der Waals surface area contributed by atoms with Gasteiger partial charge in [0.05, 0.1) is 13.7 Å². The number of halogens is 5. The van der Waals surface area contributed by atoms with E-state index in [-0.39, 0.29) is 36.7 Å². The number of fused-ring (bicyclic) bond motifs is 1. The predicted octanol–water partition coefficient (Wildman–Crippen LogP) is 4.14. The highest BCUT2D eigenvalue weighted by Crippen LogP contribution is 2.38. The molecule has 2 heterocycles. The topological polar surface area (TPSA) is 110 Å². The van der Waals surface area contributed by atoms with Gasteiger partial charge in [-0.2, -0.15) is 0 Å². The zero-order chi connectivity index (χ0) is 32.6. The van der Waals surface area contributed by atoms with Crippen LogP contribution in [0, 0.1) is 18.6 Å². The number of carbonyl (C=O) groups excluding carboxylic acids is 2. The molecule has 0 unspecified atom stereocenters. The molecule has 1 aliphatic carbocycles. The Balaban J connectivity index is 1.57. The van der Waals surface area contributed by atoms with E-state index in [0.717, 1.165) is 65.4 Å². The van der Waals surface area contributed by atoms with Gasteiger partial charge in [-0.05, 0) is 68.0 Å². The summed E-state index contributed by atoms with van der Waals surface area (Å²) >= 11 is 0. The maximum Gasteiger partial charge on any atom is 0.573 e. The van der Waals surface area contributed by atoms with Crippen molar-refractivity contribution in [1.82, 2.24) is 9.88 Å². The largest absolute Gasteiger partial charge is 0.573 e. The second kappa shape index (κ2) is 12.5. The van der Waals surface area contributed by atoms with Crippen molar-refractivity contribution in [2.45, 2.75) is 57.5 Å². The van der Waals surface area contributed by atoms with Gasteiger partial charge in [0, 0.05) is 48.0 Å². The number of anilines is 1. The van der Waals surface area contributed by atoms with E-state index < -0.39 is 58.6 Å². The van der Waals surface area contributed by atoms with Crippen LogP contribution in [0.4, 0.5) is 27.6 Å². The van der Waals surface area contributed by atoms with Crippen LogP contribution in [-0.4, -0.2) is 54.2 Å². The number of methoxy groups -OCH3 is 1. The average molecular weight is 636 g/mol.